The van der Waals surface area contributed by atoms with Crippen LogP contribution in [0.5, 0.6) is 11.5 Å². The average molecular weight is 265 g/mol. The van der Waals surface area contributed by atoms with E-state index in [2.05, 4.69) is 24.4 Å². The molecule has 0 aliphatic carbocycles. The molecule has 1 aromatic rings. The maximum atomic E-state index is 5.63. The molecule has 1 unspecified atom stereocenters. The summed E-state index contributed by atoms with van der Waals surface area (Å²) in [6.45, 7) is 7.86. The largest absolute Gasteiger partial charge is 0.486 e. The van der Waals surface area contributed by atoms with E-state index >= 15 is 0 Å². The summed E-state index contributed by atoms with van der Waals surface area (Å²) in [6, 6.07) is 6.47. The zero-order valence-corrected chi connectivity index (χ0v) is 11.8. The zero-order valence-electron chi connectivity index (χ0n) is 11.8. The standard InChI is InChI=1S/C15H23NO3/c1-3-16-13(7-8-17-4-2)12-5-6-14-15(11-12)19-10-9-18-14/h5-6,11,13,16H,3-4,7-10H2,1-2H3. The van der Waals surface area contributed by atoms with Crippen LogP contribution in [-0.2, 0) is 4.74 Å². The van der Waals surface area contributed by atoms with Gasteiger partial charge in [-0.15, -0.1) is 0 Å². The molecule has 106 valence electrons. The van der Waals surface area contributed by atoms with Crippen molar-refractivity contribution in [3.63, 3.8) is 0 Å². The Morgan fingerprint density at radius 1 is 1.21 bits per heavy atom. The van der Waals surface area contributed by atoms with Gasteiger partial charge in [0.25, 0.3) is 0 Å². The van der Waals surface area contributed by atoms with Gasteiger partial charge in [0, 0.05) is 19.3 Å². The molecule has 0 bridgehead atoms. The molecule has 0 fully saturated rings. The fourth-order valence-electron chi connectivity index (χ4n) is 2.26. The molecule has 0 saturated carbocycles. The topological polar surface area (TPSA) is 39.7 Å². The summed E-state index contributed by atoms with van der Waals surface area (Å²) in [7, 11) is 0. The molecule has 1 aliphatic rings. The molecule has 1 N–H and O–H groups in total. The summed E-state index contributed by atoms with van der Waals surface area (Å²) in [5.74, 6) is 1.69. The van der Waals surface area contributed by atoms with E-state index in [1.807, 2.05) is 13.0 Å². The lowest BCUT2D eigenvalue weighted by Gasteiger charge is -2.22. The van der Waals surface area contributed by atoms with Crippen LogP contribution in [-0.4, -0.2) is 33.0 Å². The van der Waals surface area contributed by atoms with E-state index in [9.17, 15) is 0 Å². The van der Waals surface area contributed by atoms with Gasteiger partial charge >= 0.3 is 0 Å². The Kier molecular flexibility index (Phi) is 5.48. The second-order valence-corrected chi connectivity index (χ2v) is 4.50. The van der Waals surface area contributed by atoms with Crippen molar-refractivity contribution in [3.05, 3.63) is 23.8 Å². The van der Waals surface area contributed by atoms with Gasteiger partial charge in [0.2, 0.25) is 0 Å². The first kappa shape index (κ1) is 14.2. The first-order valence-electron chi connectivity index (χ1n) is 7.05. The van der Waals surface area contributed by atoms with E-state index in [-0.39, 0.29) is 0 Å². The molecular weight excluding hydrogens is 242 g/mol. The van der Waals surface area contributed by atoms with Crippen LogP contribution in [0.15, 0.2) is 18.2 Å². The van der Waals surface area contributed by atoms with Crippen molar-refractivity contribution in [1.29, 1.82) is 0 Å². The summed E-state index contributed by atoms with van der Waals surface area (Å²) in [4.78, 5) is 0. The van der Waals surface area contributed by atoms with Gasteiger partial charge in [-0.05, 0) is 37.6 Å². The second kappa shape index (κ2) is 7.36. The van der Waals surface area contributed by atoms with E-state index in [0.717, 1.165) is 37.7 Å². The van der Waals surface area contributed by atoms with Crippen LogP contribution in [0.25, 0.3) is 0 Å². The highest BCUT2D eigenvalue weighted by atomic mass is 16.6. The van der Waals surface area contributed by atoms with Gasteiger partial charge in [-0.1, -0.05) is 13.0 Å². The molecule has 1 aliphatic heterocycles. The number of ether oxygens (including phenoxy) is 3. The van der Waals surface area contributed by atoms with Gasteiger partial charge in [-0.25, -0.2) is 0 Å². The van der Waals surface area contributed by atoms with Crippen molar-refractivity contribution < 1.29 is 14.2 Å². The Morgan fingerprint density at radius 2 is 2.00 bits per heavy atom. The lowest BCUT2D eigenvalue weighted by molar-refractivity contribution is 0.136. The molecule has 4 heteroatoms. The van der Waals surface area contributed by atoms with Crippen LogP contribution in [0.2, 0.25) is 0 Å². The number of hydrogen-bond donors (Lipinski definition) is 1. The van der Waals surface area contributed by atoms with Gasteiger partial charge < -0.3 is 19.5 Å². The van der Waals surface area contributed by atoms with Crippen LogP contribution < -0.4 is 14.8 Å². The minimum Gasteiger partial charge on any atom is -0.486 e. The molecule has 4 nitrogen and oxygen atoms in total. The Morgan fingerprint density at radius 3 is 2.74 bits per heavy atom. The average Bonchev–Trinajstić information content (AvgIpc) is 2.46. The number of rotatable bonds is 7. The van der Waals surface area contributed by atoms with E-state index in [4.69, 9.17) is 14.2 Å². The Hall–Kier alpha value is -1.26. The summed E-state index contributed by atoms with van der Waals surface area (Å²) in [5, 5.41) is 3.49. The minimum atomic E-state index is 0.298. The van der Waals surface area contributed by atoms with Gasteiger partial charge in [-0.3, -0.25) is 0 Å². The van der Waals surface area contributed by atoms with Crippen molar-refractivity contribution in [2.75, 3.05) is 33.0 Å². The molecule has 0 spiro atoms. The Bertz CT molecular complexity index is 395. The van der Waals surface area contributed by atoms with Crippen LogP contribution in [0.1, 0.15) is 31.9 Å². The second-order valence-electron chi connectivity index (χ2n) is 4.50. The van der Waals surface area contributed by atoms with Crippen LogP contribution in [0.4, 0.5) is 0 Å². The third kappa shape index (κ3) is 3.85. The van der Waals surface area contributed by atoms with Gasteiger partial charge in [0.05, 0.1) is 0 Å². The predicted octanol–water partition coefficient (Wildman–Crippen LogP) is 2.54. The number of nitrogens with one attached hydrogen (secondary N) is 1. The van der Waals surface area contributed by atoms with E-state index < -0.39 is 0 Å². The summed E-state index contributed by atoms with van der Waals surface area (Å²) in [6.07, 6.45) is 0.960. The third-order valence-electron chi connectivity index (χ3n) is 3.17. The number of hydrogen-bond acceptors (Lipinski definition) is 4. The van der Waals surface area contributed by atoms with E-state index in [1.54, 1.807) is 0 Å². The molecule has 19 heavy (non-hydrogen) atoms. The van der Waals surface area contributed by atoms with Crippen molar-refractivity contribution in [2.24, 2.45) is 0 Å². The summed E-state index contributed by atoms with van der Waals surface area (Å²) < 4.78 is 16.6. The lowest BCUT2D eigenvalue weighted by atomic mass is 10.0. The van der Waals surface area contributed by atoms with Crippen molar-refractivity contribution in [3.8, 4) is 11.5 Å². The molecule has 0 aromatic heterocycles. The van der Waals surface area contributed by atoms with Gasteiger partial charge in [-0.2, -0.15) is 0 Å². The van der Waals surface area contributed by atoms with Crippen LogP contribution >= 0.6 is 0 Å². The first-order valence-corrected chi connectivity index (χ1v) is 7.05. The van der Waals surface area contributed by atoms with Crippen molar-refractivity contribution >= 4 is 0 Å². The maximum Gasteiger partial charge on any atom is 0.161 e. The van der Waals surface area contributed by atoms with Gasteiger partial charge in [0.1, 0.15) is 13.2 Å². The van der Waals surface area contributed by atoms with Crippen molar-refractivity contribution in [2.45, 2.75) is 26.3 Å². The molecule has 1 aromatic carbocycles. The first-order chi connectivity index (χ1) is 9.35. The van der Waals surface area contributed by atoms with Crippen LogP contribution in [0, 0.1) is 0 Å². The van der Waals surface area contributed by atoms with Crippen molar-refractivity contribution in [1.82, 2.24) is 5.32 Å². The number of fused-ring (bicyclic) bond motifs is 1. The lowest BCUT2D eigenvalue weighted by Crippen LogP contribution is -2.23. The monoisotopic (exact) mass is 265 g/mol. The highest BCUT2D eigenvalue weighted by Crippen LogP contribution is 2.33. The van der Waals surface area contributed by atoms with Crippen LogP contribution in [0.3, 0.4) is 0 Å². The highest BCUT2D eigenvalue weighted by Gasteiger charge is 2.16. The molecular formula is C15H23NO3. The van der Waals surface area contributed by atoms with E-state index in [0.29, 0.717) is 19.3 Å². The molecule has 1 heterocycles. The zero-order chi connectivity index (χ0) is 13.5. The normalized spacial score (nSPS) is 15.3. The maximum absolute atomic E-state index is 5.63. The molecule has 0 saturated heterocycles. The van der Waals surface area contributed by atoms with E-state index in [1.165, 1.54) is 5.56 Å². The Balaban J connectivity index is 2.07. The SMILES string of the molecule is CCNC(CCOCC)c1ccc2c(c1)OCCO2. The molecule has 0 radical (unpaired) electrons. The quantitative estimate of drug-likeness (QED) is 0.769. The highest BCUT2D eigenvalue weighted by molar-refractivity contribution is 5.44. The smallest absolute Gasteiger partial charge is 0.161 e. The summed E-state index contributed by atoms with van der Waals surface area (Å²) >= 11 is 0. The fourth-order valence-corrected chi connectivity index (χ4v) is 2.26. The summed E-state index contributed by atoms with van der Waals surface area (Å²) in [5.41, 5.74) is 1.23. The predicted molar refractivity (Wildman–Crippen MR) is 75.0 cm³/mol. The van der Waals surface area contributed by atoms with Gasteiger partial charge in [0.15, 0.2) is 11.5 Å². The molecule has 0 amide bonds. The molecule has 1 atom stereocenters. The fraction of sp³-hybridized carbons (Fsp3) is 0.600. The molecule has 2 rings (SSSR count). The number of benzene rings is 1. The third-order valence-corrected chi connectivity index (χ3v) is 3.17. The minimum absolute atomic E-state index is 0.298. The Labute approximate surface area is 115 Å².